The summed E-state index contributed by atoms with van der Waals surface area (Å²) in [6.45, 7) is 0. The first kappa shape index (κ1) is 13.7. The maximum Gasteiger partial charge on any atom is 0.264 e. The lowest BCUT2D eigenvalue weighted by atomic mass is 10.4. The molecule has 7 nitrogen and oxygen atoms in total. The van der Waals surface area contributed by atoms with Crippen LogP contribution in [0.15, 0.2) is 35.5 Å². The van der Waals surface area contributed by atoms with Gasteiger partial charge in [-0.3, -0.25) is 0 Å². The summed E-state index contributed by atoms with van der Waals surface area (Å²) < 4.78 is 39.5. The van der Waals surface area contributed by atoms with Crippen molar-refractivity contribution >= 4 is 38.7 Å². The van der Waals surface area contributed by atoms with E-state index in [9.17, 15) is 12.8 Å². The van der Waals surface area contributed by atoms with Gasteiger partial charge in [0.15, 0.2) is 10.8 Å². The summed E-state index contributed by atoms with van der Waals surface area (Å²) in [5, 5.41) is 0.0226. The second kappa shape index (κ2) is 4.93. The van der Waals surface area contributed by atoms with Crippen LogP contribution < -0.4 is 4.72 Å². The number of imidazole rings is 1. The second-order valence-corrected chi connectivity index (χ2v) is 6.04. The minimum absolute atomic E-state index is 0.0226. The lowest BCUT2D eigenvalue weighted by molar-refractivity contribution is 0.595. The zero-order chi connectivity index (χ0) is 15.0. The number of nitrogens with zero attached hydrogens (tertiary/aromatic N) is 3. The third-order valence-corrected chi connectivity index (χ3v) is 4.17. The van der Waals surface area contributed by atoms with Gasteiger partial charge < -0.3 is 4.98 Å². The van der Waals surface area contributed by atoms with Crippen LogP contribution in [0.3, 0.4) is 0 Å². The Kier molecular flexibility index (Phi) is 3.22. The zero-order valence-electron chi connectivity index (χ0n) is 10.2. The van der Waals surface area contributed by atoms with Crippen molar-refractivity contribution in [2.75, 3.05) is 4.72 Å². The normalized spacial score (nSPS) is 11.7. The van der Waals surface area contributed by atoms with Gasteiger partial charge in [-0.2, -0.15) is 9.97 Å². The first-order chi connectivity index (χ1) is 9.95. The summed E-state index contributed by atoms with van der Waals surface area (Å²) in [5.41, 5.74) is 0.609. The van der Waals surface area contributed by atoms with Gasteiger partial charge in [-0.25, -0.2) is 22.5 Å². The van der Waals surface area contributed by atoms with Crippen LogP contribution in [0.2, 0.25) is 5.15 Å². The van der Waals surface area contributed by atoms with Gasteiger partial charge in [-0.1, -0.05) is 17.7 Å². The standard InChI is InChI=1S/C11H7ClFN5O2S/c12-9-8-10(15-5-14-8)17-11(16-9)18-21(19,20)7-3-1-2-6(13)4-7/h1-5H,(H2,14,15,16,17,18). The smallest absolute Gasteiger partial charge is 0.264 e. The van der Waals surface area contributed by atoms with Crippen LogP contribution in [-0.4, -0.2) is 28.4 Å². The van der Waals surface area contributed by atoms with Gasteiger partial charge >= 0.3 is 0 Å². The molecule has 0 saturated heterocycles. The molecule has 2 aromatic heterocycles. The molecule has 3 rings (SSSR count). The highest BCUT2D eigenvalue weighted by atomic mass is 35.5. The predicted octanol–water partition coefficient (Wildman–Crippen LogP) is 1.95. The molecule has 2 N–H and O–H groups in total. The number of benzene rings is 1. The van der Waals surface area contributed by atoms with Crippen LogP contribution in [0.5, 0.6) is 0 Å². The number of sulfonamides is 1. The van der Waals surface area contributed by atoms with E-state index in [0.717, 1.165) is 12.1 Å². The van der Waals surface area contributed by atoms with E-state index in [4.69, 9.17) is 11.6 Å². The molecule has 0 bridgehead atoms. The molecule has 108 valence electrons. The number of anilines is 1. The molecular formula is C11H7ClFN5O2S. The molecule has 0 aliphatic heterocycles. The maximum atomic E-state index is 13.1. The quantitative estimate of drug-likeness (QED) is 0.716. The SMILES string of the molecule is O=S(=O)(Nc1nc(Cl)c2[nH]cnc2n1)c1cccc(F)c1. The topological polar surface area (TPSA) is 101 Å². The Balaban J connectivity index is 2.01. The number of H-pyrrole nitrogens is 1. The van der Waals surface area contributed by atoms with E-state index in [1.165, 1.54) is 18.5 Å². The van der Waals surface area contributed by atoms with Gasteiger partial charge in [0.05, 0.1) is 11.2 Å². The third-order valence-electron chi connectivity index (χ3n) is 2.57. The summed E-state index contributed by atoms with van der Waals surface area (Å²) in [6, 6.07) is 4.56. The summed E-state index contributed by atoms with van der Waals surface area (Å²) in [7, 11) is -4.02. The molecule has 0 radical (unpaired) electrons. The van der Waals surface area contributed by atoms with Crippen molar-refractivity contribution in [1.82, 2.24) is 19.9 Å². The number of aromatic amines is 1. The molecule has 10 heteroatoms. The fourth-order valence-electron chi connectivity index (χ4n) is 1.66. The molecule has 0 spiro atoms. The Morgan fingerprint density at radius 3 is 2.86 bits per heavy atom. The molecule has 0 saturated carbocycles. The summed E-state index contributed by atoms with van der Waals surface area (Å²) in [5.74, 6) is -0.913. The number of halogens is 2. The summed E-state index contributed by atoms with van der Waals surface area (Å²) in [4.78, 5) is 14.1. The van der Waals surface area contributed by atoms with E-state index >= 15 is 0 Å². The molecule has 0 aliphatic rings. The fraction of sp³-hybridized carbons (Fsp3) is 0. The first-order valence-electron chi connectivity index (χ1n) is 5.61. The Hall–Kier alpha value is -2.26. The number of hydrogen-bond donors (Lipinski definition) is 2. The fourth-order valence-corrected chi connectivity index (χ4v) is 2.85. The van der Waals surface area contributed by atoms with Crippen LogP contribution >= 0.6 is 11.6 Å². The summed E-state index contributed by atoms with van der Waals surface area (Å²) >= 11 is 5.89. The Morgan fingerprint density at radius 1 is 1.29 bits per heavy atom. The predicted molar refractivity (Wildman–Crippen MR) is 73.9 cm³/mol. The first-order valence-corrected chi connectivity index (χ1v) is 7.47. The molecule has 3 aromatic rings. The van der Waals surface area contributed by atoms with E-state index < -0.39 is 15.8 Å². The molecule has 0 amide bonds. The Morgan fingerprint density at radius 2 is 2.10 bits per heavy atom. The number of aromatic nitrogens is 4. The van der Waals surface area contributed by atoms with Gasteiger partial charge in [0.2, 0.25) is 5.95 Å². The van der Waals surface area contributed by atoms with Crippen LogP contribution in [-0.2, 0) is 10.0 Å². The third kappa shape index (κ3) is 2.65. The van der Waals surface area contributed by atoms with E-state index in [1.807, 2.05) is 0 Å². The Labute approximate surface area is 123 Å². The van der Waals surface area contributed by atoms with Crippen LogP contribution in [0.25, 0.3) is 11.2 Å². The molecule has 0 unspecified atom stereocenters. The minimum Gasteiger partial charge on any atom is -0.341 e. The summed E-state index contributed by atoms with van der Waals surface area (Å²) in [6.07, 6.45) is 1.36. The number of fused-ring (bicyclic) bond motifs is 1. The lowest BCUT2D eigenvalue weighted by Gasteiger charge is -2.06. The average Bonchev–Trinajstić information content (AvgIpc) is 2.87. The largest absolute Gasteiger partial charge is 0.341 e. The van der Waals surface area contributed by atoms with Crippen molar-refractivity contribution in [3.63, 3.8) is 0 Å². The monoisotopic (exact) mass is 327 g/mol. The highest BCUT2D eigenvalue weighted by Gasteiger charge is 2.18. The Bertz CT molecular complexity index is 927. The van der Waals surface area contributed by atoms with E-state index in [0.29, 0.717) is 5.52 Å². The maximum absolute atomic E-state index is 13.1. The van der Waals surface area contributed by atoms with Gasteiger partial charge in [-0.15, -0.1) is 0 Å². The number of hydrogen-bond acceptors (Lipinski definition) is 5. The van der Waals surface area contributed by atoms with Crippen molar-refractivity contribution < 1.29 is 12.8 Å². The lowest BCUT2D eigenvalue weighted by Crippen LogP contribution is -2.15. The van der Waals surface area contributed by atoms with Crippen LogP contribution in [0.4, 0.5) is 10.3 Å². The molecular weight excluding hydrogens is 321 g/mol. The van der Waals surface area contributed by atoms with Crippen molar-refractivity contribution in [3.8, 4) is 0 Å². The van der Waals surface area contributed by atoms with Crippen LogP contribution in [0.1, 0.15) is 0 Å². The van der Waals surface area contributed by atoms with Crippen molar-refractivity contribution in [3.05, 3.63) is 41.6 Å². The molecule has 1 aromatic carbocycles. The zero-order valence-corrected chi connectivity index (χ0v) is 11.8. The van der Waals surface area contributed by atoms with Crippen molar-refractivity contribution in [2.45, 2.75) is 4.90 Å². The van der Waals surface area contributed by atoms with E-state index in [1.54, 1.807) is 0 Å². The molecule has 21 heavy (non-hydrogen) atoms. The van der Waals surface area contributed by atoms with Gasteiger partial charge in [0, 0.05) is 0 Å². The highest BCUT2D eigenvalue weighted by Crippen LogP contribution is 2.20. The highest BCUT2D eigenvalue weighted by molar-refractivity contribution is 7.92. The van der Waals surface area contributed by atoms with Gasteiger partial charge in [-0.05, 0) is 18.2 Å². The molecule has 0 aliphatic carbocycles. The molecule has 0 atom stereocenters. The number of nitrogens with one attached hydrogen (secondary N) is 2. The van der Waals surface area contributed by atoms with Gasteiger partial charge in [0.25, 0.3) is 10.0 Å². The van der Waals surface area contributed by atoms with Crippen molar-refractivity contribution in [1.29, 1.82) is 0 Å². The number of rotatable bonds is 3. The van der Waals surface area contributed by atoms with Gasteiger partial charge in [0.1, 0.15) is 11.3 Å². The van der Waals surface area contributed by atoms with E-state index in [-0.39, 0.29) is 21.6 Å². The van der Waals surface area contributed by atoms with E-state index in [2.05, 4.69) is 24.7 Å². The van der Waals surface area contributed by atoms with Crippen LogP contribution in [0, 0.1) is 5.82 Å². The second-order valence-electron chi connectivity index (χ2n) is 4.00. The molecule has 2 heterocycles. The molecule has 0 fully saturated rings. The average molecular weight is 328 g/mol. The minimum atomic E-state index is -4.02. The van der Waals surface area contributed by atoms with Crippen molar-refractivity contribution in [2.24, 2.45) is 0 Å².